The highest BCUT2D eigenvalue weighted by Crippen LogP contribution is 2.24. The van der Waals surface area contributed by atoms with Gasteiger partial charge in [-0.25, -0.2) is 4.39 Å². The van der Waals surface area contributed by atoms with Gasteiger partial charge in [-0.05, 0) is 25.0 Å². The molecule has 1 saturated heterocycles. The van der Waals surface area contributed by atoms with Crippen LogP contribution in [-0.4, -0.2) is 28.8 Å². The first-order chi connectivity index (χ1) is 9.52. The molecule has 0 radical (unpaired) electrons. The third-order valence-corrected chi connectivity index (χ3v) is 3.28. The van der Waals surface area contributed by atoms with E-state index < -0.39 is 22.3 Å². The summed E-state index contributed by atoms with van der Waals surface area (Å²) in [5, 5.41) is 19.8. The molecule has 0 N–H and O–H groups in total. The van der Waals surface area contributed by atoms with Gasteiger partial charge in [0.15, 0.2) is 0 Å². The van der Waals surface area contributed by atoms with Crippen LogP contribution in [0.15, 0.2) is 18.2 Å². The Hall–Kier alpha value is -2.49. The van der Waals surface area contributed by atoms with Crippen molar-refractivity contribution in [3.8, 4) is 6.07 Å². The van der Waals surface area contributed by atoms with Crippen LogP contribution in [0.5, 0.6) is 0 Å². The van der Waals surface area contributed by atoms with E-state index in [1.54, 1.807) is 0 Å². The van der Waals surface area contributed by atoms with E-state index in [1.165, 1.54) is 4.90 Å². The topological polar surface area (TPSA) is 87.2 Å². The predicted molar refractivity (Wildman–Crippen MR) is 67.3 cm³/mol. The van der Waals surface area contributed by atoms with E-state index in [1.807, 2.05) is 0 Å². The number of amides is 1. The van der Waals surface area contributed by atoms with E-state index in [0.29, 0.717) is 19.4 Å². The van der Waals surface area contributed by atoms with Gasteiger partial charge in [0.2, 0.25) is 0 Å². The number of benzene rings is 1. The number of nitrogens with zero attached hydrogens (tertiary/aromatic N) is 3. The number of carbonyl (C=O) groups excluding carboxylic acids is 1. The fourth-order valence-electron chi connectivity index (χ4n) is 2.28. The Morgan fingerprint density at radius 2 is 2.30 bits per heavy atom. The smallest absolute Gasteiger partial charge is 0.282 e. The van der Waals surface area contributed by atoms with Gasteiger partial charge >= 0.3 is 0 Å². The molecule has 0 spiro atoms. The number of nitro benzene ring substituents is 1. The van der Waals surface area contributed by atoms with E-state index in [-0.39, 0.29) is 18.0 Å². The number of likely N-dealkylation sites (tertiary alicyclic amines) is 1. The zero-order valence-corrected chi connectivity index (χ0v) is 10.6. The molecule has 2 rings (SSSR count). The summed E-state index contributed by atoms with van der Waals surface area (Å²) < 4.78 is 13.2. The van der Waals surface area contributed by atoms with Crippen molar-refractivity contribution in [3.63, 3.8) is 0 Å². The molecule has 1 aromatic carbocycles. The van der Waals surface area contributed by atoms with Crippen molar-refractivity contribution in [1.29, 1.82) is 5.26 Å². The first-order valence-corrected chi connectivity index (χ1v) is 6.15. The van der Waals surface area contributed by atoms with Crippen LogP contribution in [0.1, 0.15) is 23.2 Å². The van der Waals surface area contributed by atoms with Crippen molar-refractivity contribution in [2.24, 2.45) is 5.92 Å². The summed E-state index contributed by atoms with van der Waals surface area (Å²) in [6, 6.07) is 4.89. The normalized spacial score (nSPS) is 18.4. The van der Waals surface area contributed by atoms with E-state index in [2.05, 4.69) is 6.07 Å². The fourth-order valence-corrected chi connectivity index (χ4v) is 2.28. The number of halogens is 1. The number of hydrogen-bond acceptors (Lipinski definition) is 4. The van der Waals surface area contributed by atoms with Gasteiger partial charge in [-0.15, -0.1) is 0 Å². The summed E-state index contributed by atoms with van der Waals surface area (Å²) in [5.41, 5.74) is -0.691. The van der Waals surface area contributed by atoms with E-state index in [9.17, 15) is 19.3 Å². The molecular weight excluding hydrogens is 265 g/mol. The third kappa shape index (κ3) is 2.74. The highest BCUT2D eigenvalue weighted by molar-refractivity contribution is 5.98. The molecular formula is C13H12FN3O3. The molecule has 0 bridgehead atoms. The van der Waals surface area contributed by atoms with Crippen molar-refractivity contribution in [3.05, 3.63) is 39.7 Å². The van der Waals surface area contributed by atoms with Gasteiger partial charge in [-0.2, -0.15) is 5.26 Å². The van der Waals surface area contributed by atoms with Gasteiger partial charge in [-0.3, -0.25) is 14.9 Å². The van der Waals surface area contributed by atoms with Crippen molar-refractivity contribution in [2.75, 3.05) is 13.1 Å². The maximum atomic E-state index is 13.2. The van der Waals surface area contributed by atoms with Crippen LogP contribution >= 0.6 is 0 Å². The van der Waals surface area contributed by atoms with Gasteiger partial charge in [0, 0.05) is 19.2 Å². The maximum Gasteiger partial charge on any atom is 0.282 e. The lowest BCUT2D eigenvalue weighted by atomic mass is 9.98. The summed E-state index contributed by atoms with van der Waals surface area (Å²) in [4.78, 5) is 23.8. The Kier molecular flexibility index (Phi) is 3.94. The van der Waals surface area contributed by atoms with Gasteiger partial charge in [0.05, 0.1) is 16.9 Å². The molecule has 1 atom stereocenters. The molecule has 0 aromatic heterocycles. The lowest BCUT2D eigenvalue weighted by Gasteiger charge is -2.29. The first kappa shape index (κ1) is 13.9. The molecule has 7 heteroatoms. The SMILES string of the molecule is N#CC1CCCN(C(=O)c2cc(F)ccc2[N+](=O)[O-])C1. The van der Waals surface area contributed by atoms with Crippen molar-refractivity contribution in [1.82, 2.24) is 4.90 Å². The quantitative estimate of drug-likeness (QED) is 0.611. The summed E-state index contributed by atoms with van der Waals surface area (Å²) in [5.74, 6) is -1.58. The van der Waals surface area contributed by atoms with Crippen LogP contribution in [0.25, 0.3) is 0 Å². The van der Waals surface area contributed by atoms with Crippen LogP contribution in [0.3, 0.4) is 0 Å². The second-order valence-electron chi connectivity index (χ2n) is 4.64. The highest BCUT2D eigenvalue weighted by atomic mass is 19.1. The maximum absolute atomic E-state index is 13.2. The van der Waals surface area contributed by atoms with Crippen molar-refractivity contribution < 1.29 is 14.1 Å². The van der Waals surface area contributed by atoms with Gasteiger partial charge in [0.25, 0.3) is 11.6 Å². The Labute approximate surface area is 114 Å². The van der Waals surface area contributed by atoms with Crippen LogP contribution in [-0.2, 0) is 0 Å². The standard InChI is InChI=1S/C13H12FN3O3/c14-10-3-4-12(17(19)20)11(6-10)13(18)16-5-1-2-9(7-15)8-16/h3-4,6,9H,1-2,5,8H2. The van der Waals surface area contributed by atoms with Gasteiger partial charge in [0.1, 0.15) is 11.4 Å². The van der Waals surface area contributed by atoms with E-state index in [4.69, 9.17) is 5.26 Å². The van der Waals surface area contributed by atoms with Crippen LogP contribution in [0, 0.1) is 33.2 Å². The first-order valence-electron chi connectivity index (χ1n) is 6.15. The monoisotopic (exact) mass is 277 g/mol. The molecule has 1 aromatic rings. The predicted octanol–water partition coefficient (Wildman–Crippen LogP) is 2.11. The number of nitriles is 1. The second-order valence-corrected chi connectivity index (χ2v) is 4.64. The van der Waals surface area contributed by atoms with Crippen LogP contribution in [0.4, 0.5) is 10.1 Å². The lowest BCUT2D eigenvalue weighted by Crippen LogP contribution is -2.39. The summed E-state index contributed by atoms with van der Waals surface area (Å²) in [6.07, 6.45) is 1.36. The Morgan fingerprint density at radius 3 is 2.95 bits per heavy atom. The molecule has 1 fully saturated rings. The minimum atomic E-state index is -0.710. The summed E-state index contributed by atoms with van der Waals surface area (Å²) in [7, 11) is 0. The zero-order valence-electron chi connectivity index (χ0n) is 10.6. The zero-order chi connectivity index (χ0) is 14.7. The minimum Gasteiger partial charge on any atom is -0.337 e. The largest absolute Gasteiger partial charge is 0.337 e. The molecule has 6 nitrogen and oxygen atoms in total. The molecule has 0 aliphatic carbocycles. The third-order valence-electron chi connectivity index (χ3n) is 3.28. The van der Waals surface area contributed by atoms with Crippen molar-refractivity contribution in [2.45, 2.75) is 12.8 Å². The molecule has 0 saturated carbocycles. The number of rotatable bonds is 2. The molecule has 1 heterocycles. The molecule has 1 aliphatic rings. The average Bonchev–Trinajstić information content (AvgIpc) is 2.46. The van der Waals surface area contributed by atoms with Crippen molar-refractivity contribution >= 4 is 11.6 Å². The highest BCUT2D eigenvalue weighted by Gasteiger charge is 2.29. The number of piperidine rings is 1. The number of hydrogen-bond donors (Lipinski definition) is 0. The Balaban J connectivity index is 2.31. The van der Waals surface area contributed by atoms with Crippen LogP contribution in [0.2, 0.25) is 0 Å². The van der Waals surface area contributed by atoms with Gasteiger partial charge in [-0.1, -0.05) is 0 Å². The summed E-state index contributed by atoms with van der Waals surface area (Å²) in [6.45, 7) is 0.647. The number of nitro groups is 1. The number of carbonyl (C=O) groups is 1. The van der Waals surface area contributed by atoms with Gasteiger partial charge < -0.3 is 4.90 Å². The van der Waals surface area contributed by atoms with Crippen LogP contribution < -0.4 is 0 Å². The molecule has 1 unspecified atom stereocenters. The molecule has 20 heavy (non-hydrogen) atoms. The minimum absolute atomic E-state index is 0.225. The average molecular weight is 277 g/mol. The molecule has 104 valence electrons. The Morgan fingerprint density at radius 1 is 1.55 bits per heavy atom. The Bertz CT molecular complexity index is 597. The fraction of sp³-hybridized carbons (Fsp3) is 0.385. The second kappa shape index (κ2) is 5.65. The lowest BCUT2D eigenvalue weighted by molar-refractivity contribution is -0.385. The molecule has 1 aliphatic heterocycles. The van der Waals surface area contributed by atoms with E-state index >= 15 is 0 Å². The van der Waals surface area contributed by atoms with E-state index in [0.717, 1.165) is 18.2 Å². The molecule has 1 amide bonds. The summed E-state index contributed by atoms with van der Waals surface area (Å²) >= 11 is 0.